The lowest BCUT2D eigenvalue weighted by atomic mass is 9.75. The maximum absolute atomic E-state index is 11.5. The first-order chi connectivity index (χ1) is 10.3. The molecule has 1 unspecified atom stereocenters. The molecule has 0 aromatic carbocycles. The predicted octanol–water partition coefficient (Wildman–Crippen LogP) is 6.69. The summed E-state index contributed by atoms with van der Waals surface area (Å²) in [6.45, 7) is 4.58. The Morgan fingerprint density at radius 3 is 1.81 bits per heavy atom. The maximum Gasteiger partial charge on any atom is 0.132 e. The summed E-state index contributed by atoms with van der Waals surface area (Å²) in [5.41, 5.74) is 0. The van der Waals surface area contributed by atoms with Gasteiger partial charge in [-0.15, -0.1) is 0 Å². The van der Waals surface area contributed by atoms with Gasteiger partial charge in [-0.1, -0.05) is 84.5 Å². The highest BCUT2D eigenvalue weighted by Crippen LogP contribution is 2.34. The second kappa shape index (κ2) is 12.2. The number of Topliss-reactive ketones (excluding diaryl/α,β-unsaturated/α-hetero) is 1. The van der Waals surface area contributed by atoms with Crippen LogP contribution in [-0.2, 0) is 4.79 Å². The Labute approximate surface area is 133 Å². The van der Waals surface area contributed by atoms with E-state index >= 15 is 0 Å². The highest BCUT2D eigenvalue weighted by Gasteiger charge is 2.25. The van der Waals surface area contributed by atoms with Gasteiger partial charge >= 0.3 is 0 Å². The van der Waals surface area contributed by atoms with Crippen molar-refractivity contribution in [3.05, 3.63) is 0 Å². The molecule has 0 aromatic heterocycles. The van der Waals surface area contributed by atoms with Crippen molar-refractivity contribution in [3.8, 4) is 0 Å². The molecule has 1 rings (SSSR count). The molecule has 1 atom stereocenters. The van der Waals surface area contributed by atoms with Gasteiger partial charge in [0.2, 0.25) is 0 Å². The minimum absolute atomic E-state index is 0.513. The molecule has 0 heterocycles. The topological polar surface area (TPSA) is 17.1 Å². The largest absolute Gasteiger partial charge is 0.300 e. The number of rotatable bonds is 12. The van der Waals surface area contributed by atoms with Crippen LogP contribution in [0, 0.1) is 11.8 Å². The fraction of sp³-hybridized carbons (Fsp3) is 0.950. The predicted molar refractivity (Wildman–Crippen MR) is 92.6 cm³/mol. The van der Waals surface area contributed by atoms with Crippen molar-refractivity contribution in [3.63, 3.8) is 0 Å². The average Bonchev–Trinajstić information content (AvgIpc) is 2.50. The number of carbonyl (C=O) groups excluding carboxylic acids is 1. The molecule has 1 saturated carbocycles. The van der Waals surface area contributed by atoms with Gasteiger partial charge in [-0.25, -0.2) is 0 Å². The van der Waals surface area contributed by atoms with Gasteiger partial charge < -0.3 is 0 Å². The monoisotopic (exact) mass is 294 g/mol. The minimum atomic E-state index is 0.513. The van der Waals surface area contributed by atoms with Gasteiger partial charge in [0, 0.05) is 12.8 Å². The van der Waals surface area contributed by atoms with E-state index in [2.05, 4.69) is 13.8 Å². The first-order valence-corrected chi connectivity index (χ1v) is 9.79. The molecule has 0 N–H and O–H groups in total. The lowest BCUT2D eigenvalue weighted by Crippen LogP contribution is -2.22. The number of ketones is 1. The molecule has 1 aliphatic rings. The van der Waals surface area contributed by atoms with Crippen molar-refractivity contribution in [2.75, 3.05) is 0 Å². The van der Waals surface area contributed by atoms with Gasteiger partial charge in [-0.05, 0) is 24.7 Å². The zero-order valence-electron chi connectivity index (χ0n) is 14.7. The molecule has 0 spiro atoms. The molecule has 0 aliphatic heterocycles. The van der Waals surface area contributed by atoms with Crippen LogP contribution in [0.1, 0.15) is 110 Å². The summed E-state index contributed by atoms with van der Waals surface area (Å²) < 4.78 is 0. The molecular formula is C20H38O. The van der Waals surface area contributed by atoms with E-state index in [9.17, 15) is 4.79 Å². The molecule has 1 aliphatic carbocycles. The van der Waals surface area contributed by atoms with Crippen LogP contribution < -0.4 is 0 Å². The smallest absolute Gasteiger partial charge is 0.132 e. The fourth-order valence-electron chi connectivity index (χ4n) is 3.89. The summed E-state index contributed by atoms with van der Waals surface area (Å²) in [5.74, 6) is 2.28. The van der Waals surface area contributed by atoms with Crippen molar-refractivity contribution < 1.29 is 4.79 Å². The van der Waals surface area contributed by atoms with E-state index in [0.717, 1.165) is 24.7 Å². The van der Waals surface area contributed by atoms with Gasteiger partial charge in [0.05, 0.1) is 0 Å². The molecular weight excluding hydrogens is 256 g/mol. The molecule has 21 heavy (non-hydrogen) atoms. The Morgan fingerprint density at radius 1 is 0.810 bits per heavy atom. The number of hydrogen-bond acceptors (Lipinski definition) is 1. The fourth-order valence-corrected chi connectivity index (χ4v) is 3.89. The van der Waals surface area contributed by atoms with Crippen molar-refractivity contribution in [1.29, 1.82) is 0 Å². The van der Waals surface area contributed by atoms with E-state index < -0.39 is 0 Å². The van der Waals surface area contributed by atoms with Gasteiger partial charge in [0.25, 0.3) is 0 Å². The van der Waals surface area contributed by atoms with E-state index in [0.29, 0.717) is 5.78 Å². The van der Waals surface area contributed by atoms with Gasteiger partial charge in [0.15, 0.2) is 0 Å². The van der Waals surface area contributed by atoms with Crippen LogP contribution in [0.3, 0.4) is 0 Å². The highest BCUT2D eigenvalue weighted by molar-refractivity contribution is 5.79. The Balaban J connectivity index is 2.28. The second-order valence-corrected chi connectivity index (χ2v) is 7.19. The van der Waals surface area contributed by atoms with Crippen LogP contribution in [0.2, 0.25) is 0 Å². The summed E-state index contributed by atoms with van der Waals surface area (Å²) in [5, 5.41) is 0. The van der Waals surface area contributed by atoms with Crippen molar-refractivity contribution in [1.82, 2.24) is 0 Å². The first-order valence-electron chi connectivity index (χ1n) is 9.79. The Morgan fingerprint density at radius 2 is 1.29 bits per heavy atom. The van der Waals surface area contributed by atoms with Crippen LogP contribution in [-0.4, -0.2) is 5.78 Å². The summed E-state index contributed by atoms with van der Waals surface area (Å²) in [7, 11) is 0. The molecule has 1 fully saturated rings. The third-order valence-corrected chi connectivity index (χ3v) is 5.36. The highest BCUT2D eigenvalue weighted by atomic mass is 16.1. The van der Waals surface area contributed by atoms with Gasteiger partial charge in [-0.3, -0.25) is 4.79 Å². The molecule has 0 amide bonds. The van der Waals surface area contributed by atoms with Crippen molar-refractivity contribution in [2.45, 2.75) is 110 Å². The molecule has 0 aromatic rings. The summed E-state index contributed by atoms with van der Waals surface area (Å²) in [6, 6.07) is 0. The van der Waals surface area contributed by atoms with E-state index in [4.69, 9.17) is 0 Å². The van der Waals surface area contributed by atoms with Crippen LogP contribution in [0.25, 0.3) is 0 Å². The van der Waals surface area contributed by atoms with E-state index in [1.807, 2.05) is 0 Å². The van der Waals surface area contributed by atoms with Crippen molar-refractivity contribution in [2.24, 2.45) is 11.8 Å². The lowest BCUT2D eigenvalue weighted by molar-refractivity contribution is -0.121. The minimum Gasteiger partial charge on any atom is -0.300 e. The molecule has 0 bridgehead atoms. The number of carbonyl (C=O) groups is 1. The second-order valence-electron chi connectivity index (χ2n) is 7.19. The van der Waals surface area contributed by atoms with Crippen LogP contribution in [0.15, 0.2) is 0 Å². The molecule has 0 radical (unpaired) electrons. The van der Waals surface area contributed by atoms with Gasteiger partial charge in [0.1, 0.15) is 5.78 Å². The molecule has 124 valence electrons. The Bertz CT molecular complexity index is 249. The normalized spacial score (nSPS) is 18.1. The van der Waals surface area contributed by atoms with E-state index in [1.54, 1.807) is 0 Å². The zero-order valence-corrected chi connectivity index (χ0v) is 14.7. The standard InChI is InChI=1S/C20H38O/c1-3-5-7-9-11-13-18(12-10-8-6-4-2)19-14-16-20(21)17-15-19/h18-19H,3-17H2,1-2H3. The maximum atomic E-state index is 11.5. The SMILES string of the molecule is CCCCCCCC(CCCCCC)C1CCC(=O)CC1. The molecule has 1 nitrogen and oxygen atoms in total. The summed E-state index contributed by atoms with van der Waals surface area (Å²) in [4.78, 5) is 11.5. The van der Waals surface area contributed by atoms with Crippen LogP contribution in [0.4, 0.5) is 0 Å². The van der Waals surface area contributed by atoms with E-state index in [1.165, 1.54) is 83.5 Å². The number of hydrogen-bond donors (Lipinski definition) is 0. The Hall–Kier alpha value is -0.330. The van der Waals surface area contributed by atoms with E-state index in [-0.39, 0.29) is 0 Å². The quantitative estimate of drug-likeness (QED) is 0.366. The number of unbranched alkanes of at least 4 members (excludes halogenated alkanes) is 7. The van der Waals surface area contributed by atoms with Crippen molar-refractivity contribution >= 4 is 5.78 Å². The molecule has 0 saturated heterocycles. The average molecular weight is 295 g/mol. The molecule has 1 heteroatoms. The van der Waals surface area contributed by atoms with Gasteiger partial charge in [-0.2, -0.15) is 0 Å². The lowest BCUT2D eigenvalue weighted by Gasteiger charge is -2.30. The zero-order chi connectivity index (χ0) is 15.3. The van der Waals surface area contributed by atoms with Crippen LogP contribution >= 0.6 is 0 Å². The third kappa shape index (κ3) is 8.63. The summed E-state index contributed by atoms with van der Waals surface area (Å²) >= 11 is 0. The van der Waals surface area contributed by atoms with Crippen LogP contribution in [0.5, 0.6) is 0 Å². The third-order valence-electron chi connectivity index (χ3n) is 5.36. The first kappa shape index (κ1) is 18.7. The Kier molecular flexibility index (Phi) is 10.9. The summed E-state index contributed by atoms with van der Waals surface area (Å²) in [6.07, 6.45) is 19.5.